The van der Waals surface area contributed by atoms with E-state index in [9.17, 15) is 9.59 Å². The van der Waals surface area contributed by atoms with Gasteiger partial charge in [0.05, 0.1) is 0 Å². The van der Waals surface area contributed by atoms with Crippen LogP contribution in [0.25, 0.3) is 11.3 Å². The summed E-state index contributed by atoms with van der Waals surface area (Å²) in [7, 11) is 0. The van der Waals surface area contributed by atoms with Crippen LogP contribution in [0.4, 0.5) is 16.2 Å². The molecule has 2 aromatic carbocycles. The van der Waals surface area contributed by atoms with Crippen molar-refractivity contribution in [2.45, 2.75) is 12.8 Å². The van der Waals surface area contributed by atoms with Gasteiger partial charge < -0.3 is 20.8 Å². The monoisotopic (exact) mass is 349 g/mol. The smallest absolute Gasteiger partial charge is 0.316 e. The van der Waals surface area contributed by atoms with Crippen molar-refractivity contribution in [3.63, 3.8) is 0 Å². The Morgan fingerprint density at radius 3 is 2.35 bits per heavy atom. The summed E-state index contributed by atoms with van der Waals surface area (Å²) >= 11 is 0. The van der Waals surface area contributed by atoms with E-state index in [4.69, 9.17) is 10.2 Å². The summed E-state index contributed by atoms with van der Waals surface area (Å²) in [4.78, 5) is 23.0. The van der Waals surface area contributed by atoms with Crippen LogP contribution in [0, 0.1) is 0 Å². The maximum absolute atomic E-state index is 12.1. The van der Waals surface area contributed by atoms with Crippen LogP contribution in [-0.4, -0.2) is 11.9 Å². The van der Waals surface area contributed by atoms with Gasteiger partial charge in [-0.15, -0.1) is 0 Å². The van der Waals surface area contributed by atoms with Crippen molar-refractivity contribution in [3.05, 3.63) is 72.5 Å². The third kappa shape index (κ3) is 4.73. The molecule has 1 aromatic heterocycles. The number of carbonyl (C=O) groups is 2. The summed E-state index contributed by atoms with van der Waals surface area (Å²) in [6.07, 6.45) is 0.785. The molecule has 4 N–H and O–H groups in total. The van der Waals surface area contributed by atoms with Crippen LogP contribution < -0.4 is 16.4 Å². The Morgan fingerprint density at radius 2 is 1.62 bits per heavy atom. The first kappa shape index (κ1) is 17.3. The molecule has 0 saturated heterocycles. The highest BCUT2D eigenvalue weighted by molar-refractivity contribution is 5.93. The van der Waals surface area contributed by atoms with E-state index in [-0.39, 0.29) is 12.3 Å². The molecule has 3 aromatic rings. The highest BCUT2D eigenvalue weighted by Crippen LogP contribution is 2.22. The second-order valence-corrected chi connectivity index (χ2v) is 5.75. The summed E-state index contributed by atoms with van der Waals surface area (Å²) in [5.74, 6) is 1.40. The molecule has 0 spiro atoms. The predicted octanol–water partition coefficient (Wildman–Crippen LogP) is 4.01. The van der Waals surface area contributed by atoms with Crippen molar-refractivity contribution in [2.24, 2.45) is 5.73 Å². The van der Waals surface area contributed by atoms with Crippen molar-refractivity contribution >= 4 is 23.3 Å². The van der Waals surface area contributed by atoms with Crippen LogP contribution in [0.5, 0.6) is 0 Å². The van der Waals surface area contributed by atoms with Gasteiger partial charge in [0.25, 0.3) is 0 Å². The first-order valence-electron chi connectivity index (χ1n) is 8.21. The normalized spacial score (nSPS) is 10.3. The van der Waals surface area contributed by atoms with Crippen LogP contribution in [0.1, 0.15) is 12.2 Å². The second kappa shape index (κ2) is 8.02. The van der Waals surface area contributed by atoms with E-state index in [2.05, 4.69) is 10.6 Å². The molecule has 26 heavy (non-hydrogen) atoms. The Morgan fingerprint density at radius 1 is 0.885 bits per heavy atom. The number of primary amides is 1. The number of urea groups is 1. The van der Waals surface area contributed by atoms with Gasteiger partial charge in [-0.1, -0.05) is 36.4 Å². The van der Waals surface area contributed by atoms with Gasteiger partial charge in [-0.25, -0.2) is 4.79 Å². The number of furan rings is 1. The minimum absolute atomic E-state index is 0.140. The number of hydrogen-bond acceptors (Lipinski definition) is 3. The Hall–Kier alpha value is -3.54. The van der Waals surface area contributed by atoms with Gasteiger partial charge in [-0.2, -0.15) is 0 Å². The van der Waals surface area contributed by atoms with Crippen LogP contribution in [0.15, 0.2) is 71.1 Å². The molecule has 0 unspecified atom stereocenters. The zero-order valence-corrected chi connectivity index (χ0v) is 14.1. The molecular weight excluding hydrogens is 330 g/mol. The molecule has 0 fully saturated rings. The van der Waals surface area contributed by atoms with E-state index in [1.165, 1.54) is 0 Å². The fourth-order valence-electron chi connectivity index (χ4n) is 2.55. The van der Waals surface area contributed by atoms with Crippen molar-refractivity contribution < 1.29 is 14.0 Å². The Kier molecular flexibility index (Phi) is 5.34. The zero-order chi connectivity index (χ0) is 18.4. The van der Waals surface area contributed by atoms with E-state index in [1.807, 2.05) is 42.5 Å². The summed E-state index contributed by atoms with van der Waals surface area (Å²) in [5, 5.41) is 5.26. The Labute approximate surface area is 151 Å². The van der Waals surface area contributed by atoms with Gasteiger partial charge in [0, 0.05) is 29.8 Å². The summed E-state index contributed by atoms with van der Waals surface area (Å²) in [6.45, 7) is 0. The quantitative estimate of drug-likeness (QED) is 0.627. The first-order valence-corrected chi connectivity index (χ1v) is 8.21. The number of nitrogens with one attached hydrogen (secondary N) is 2. The molecule has 0 saturated carbocycles. The molecule has 0 bridgehead atoms. The molecule has 0 radical (unpaired) electrons. The fraction of sp³-hybridized carbons (Fsp3) is 0.100. The number of benzene rings is 2. The van der Waals surface area contributed by atoms with E-state index < -0.39 is 6.03 Å². The molecule has 6 heteroatoms. The fourth-order valence-corrected chi connectivity index (χ4v) is 2.55. The number of amides is 3. The lowest BCUT2D eigenvalue weighted by atomic mass is 10.2. The molecule has 0 aliphatic rings. The van der Waals surface area contributed by atoms with Crippen LogP contribution in [0.2, 0.25) is 0 Å². The SMILES string of the molecule is NC(=O)Nc1cccc(NC(=O)CCc2ccc(-c3ccccc3)o2)c1. The topological polar surface area (TPSA) is 97.4 Å². The molecule has 1 heterocycles. The van der Waals surface area contributed by atoms with Gasteiger partial charge >= 0.3 is 6.03 Å². The maximum atomic E-state index is 12.1. The van der Waals surface area contributed by atoms with Crippen LogP contribution in [-0.2, 0) is 11.2 Å². The first-order chi connectivity index (χ1) is 12.6. The molecule has 3 rings (SSSR count). The minimum atomic E-state index is -0.652. The number of aryl methyl sites for hydroxylation is 1. The van der Waals surface area contributed by atoms with Gasteiger partial charge in [0.1, 0.15) is 11.5 Å². The molecule has 3 amide bonds. The number of anilines is 2. The second-order valence-electron chi connectivity index (χ2n) is 5.75. The number of nitrogens with two attached hydrogens (primary N) is 1. The summed E-state index contributed by atoms with van der Waals surface area (Å²) < 4.78 is 5.79. The highest BCUT2D eigenvalue weighted by atomic mass is 16.3. The van der Waals surface area contributed by atoms with E-state index in [1.54, 1.807) is 24.3 Å². The third-order valence-electron chi connectivity index (χ3n) is 3.73. The van der Waals surface area contributed by atoms with E-state index in [0.717, 1.165) is 17.1 Å². The van der Waals surface area contributed by atoms with E-state index >= 15 is 0 Å². The van der Waals surface area contributed by atoms with Gasteiger partial charge in [-0.3, -0.25) is 4.79 Å². The average molecular weight is 349 g/mol. The van der Waals surface area contributed by atoms with E-state index in [0.29, 0.717) is 17.8 Å². The lowest BCUT2D eigenvalue weighted by molar-refractivity contribution is -0.116. The number of hydrogen-bond donors (Lipinski definition) is 3. The van der Waals surface area contributed by atoms with Gasteiger partial charge in [0.2, 0.25) is 5.91 Å². The third-order valence-corrected chi connectivity index (χ3v) is 3.73. The number of rotatable bonds is 6. The zero-order valence-electron chi connectivity index (χ0n) is 14.1. The Bertz CT molecular complexity index is 903. The largest absolute Gasteiger partial charge is 0.461 e. The molecule has 0 aliphatic heterocycles. The van der Waals surface area contributed by atoms with Crippen molar-refractivity contribution in [3.8, 4) is 11.3 Å². The minimum Gasteiger partial charge on any atom is -0.461 e. The molecular formula is C20H19N3O3. The molecule has 6 nitrogen and oxygen atoms in total. The summed E-state index contributed by atoms with van der Waals surface area (Å²) in [5.41, 5.74) is 7.20. The van der Waals surface area contributed by atoms with Crippen molar-refractivity contribution in [2.75, 3.05) is 10.6 Å². The molecule has 132 valence electrons. The van der Waals surface area contributed by atoms with Crippen molar-refractivity contribution in [1.82, 2.24) is 0 Å². The van der Waals surface area contributed by atoms with Crippen LogP contribution >= 0.6 is 0 Å². The Balaban J connectivity index is 1.55. The average Bonchev–Trinajstić information content (AvgIpc) is 3.09. The predicted molar refractivity (Wildman–Crippen MR) is 101 cm³/mol. The van der Waals surface area contributed by atoms with Crippen LogP contribution in [0.3, 0.4) is 0 Å². The lowest BCUT2D eigenvalue weighted by Gasteiger charge is -2.07. The van der Waals surface area contributed by atoms with Gasteiger partial charge in [0.15, 0.2) is 0 Å². The standard InChI is InChI=1S/C20H19N3O3/c21-20(25)23-16-8-4-7-15(13-16)22-19(24)12-10-17-9-11-18(26-17)14-5-2-1-3-6-14/h1-9,11,13H,10,12H2,(H,22,24)(H3,21,23,25). The van der Waals surface area contributed by atoms with Gasteiger partial charge in [-0.05, 0) is 30.3 Å². The molecule has 0 atom stereocenters. The summed E-state index contributed by atoms with van der Waals surface area (Å²) in [6, 6.07) is 19.7. The number of carbonyl (C=O) groups excluding carboxylic acids is 2. The maximum Gasteiger partial charge on any atom is 0.316 e. The lowest BCUT2D eigenvalue weighted by Crippen LogP contribution is -2.19. The van der Waals surface area contributed by atoms with Crippen molar-refractivity contribution in [1.29, 1.82) is 0 Å². The molecule has 0 aliphatic carbocycles. The highest BCUT2D eigenvalue weighted by Gasteiger charge is 2.08.